The molecule has 0 fully saturated rings. The Morgan fingerprint density at radius 2 is 1.76 bits per heavy atom. The number of anilines is 1. The number of benzene rings is 2. The molecule has 2 heterocycles. The summed E-state index contributed by atoms with van der Waals surface area (Å²) in [6.45, 7) is 1.81. The molecule has 0 saturated heterocycles. The Balaban J connectivity index is 1.48. The number of hydrogen-bond donors (Lipinski definition) is 2. The third kappa shape index (κ3) is 4.42. The van der Waals surface area contributed by atoms with Crippen molar-refractivity contribution in [3.05, 3.63) is 83.2 Å². The SMILES string of the molecule is Cc1c(Oc2ccc(NC(=O)c3ccc(C(F)(F)F)cc3)cn2)ccc2c1cc(C(=O)O)n2C. The first-order valence-electron chi connectivity index (χ1n) is 9.99. The van der Waals surface area contributed by atoms with Gasteiger partial charge in [-0.3, -0.25) is 4.79 Å². The predicted octanol–water partition coefficient (Wildman–Crippen LogP) is 5.64. The van der Waals surface area contributed by atoms with Gasteiger partial charge in [-0.1, -0.05) is 0 Å². The lowest BCUT2D eigenvalue weighted by molar-refractivity contribution is -0.137. The van der Waals surface area contributed by atoms with Crippen molar-refractivity contribution in [1.29, 1.82) is 0 Å². The highest BCUT2D eigenvalue weighted by molar-refractivity contribution is 6.04. The van der Waals surface area contributed by atoms with Gasteiger partial charge in [-0.05, 0) is 55.5 Å². The Hall–Kier alpha value is -4.34. The van der Waals surface area contributed by atoms with E-state index in [-0.39, 0.29) is 17.1 Å². The molecule has 0 aliphatic heterocycles. The van der Waals surface area contributed by atoms with Crippen LogP contribution in [0.2, 0.25) is 0 Å². The van der Waals surface area contributed by atoms with Gasteiger partial charge in [-0.15, -0.1) is 0 Å². The van der Waals surface area contributed by atoms with E-state index in [1.165, 1.54) is 12.3 Å². The smallest absolute Gasteiger partial charge is 0.416 e. The van der Waals surface area contributed by atoms with Crippen molar-refractivity contribution in [2.24, 2.45) is 7.05 Å². The maximum absolute atomic E-state index is 12.7. The molecule has 2 aromatic carbocycles. The Kier molecular flexibility index (Phi) is 5.74. The van der Waals surface area contributed by atoms with Gasteiger partial charge in [0, 0.05) is 35.1 Å². The average molecular weight is 469 g/mol. The molecule has 2 N–H and O–H groups in total. The molecule has 1 amide bonds. The Morgan fingerprint density at radius 3 is 2.35 bits per heavy atom. The lowest BCUT2D eigenvalue weighted by Gasteiger charge is -2.11. The molecule has 0 spiro atoms. The standard InChI is InChI=1S/C24H18F3N3O4/c1-13-17-11-19(23(32)33)30(2)18(17)8-9-20(13)34-21-10-7-16(12-28-21)29-22(31)14-3-5-15(6-4-14)24(25,26)27/h3-12H,1-2H3,(H,29,31)(H,32,33). The quantitative estimate of drug-likeness (QED) is 0.394. The predicted molar refractivity (Wildman–Crippen MR) is 118 cm³/mol. The van der Waals surface area contributed by atoms with Gasteiger partial charge in [0.2, 0.25) is 5.88 Å². The van der Waals surface area contributed by atoms with Crippen LogP contribution < -0.4 is 10.1 Å². The maximum atomic E-state index is 12.7. The monoisotopic (exact) mass is 469 g/mol. The summed E-state index contributed by atoms with van der Waals surface area (Å²) in [6, 6.07) is 12.0. The molecule has 0 unspecified atom stereocenters. The number of carboxylic acids is 1. The van der Waals surface area contributed by atoms with Crippen LogP contribution in [0.1, 0.15) is 32.0 Å². The van der Waals surface area contributed by atoms with Crippen molar-refractivity contribution >= 4 is 28.5 Å². The number of fused-ring (bicyclic) bond motifs is 1. The van der Waals surface area contributed by atoms with Crippen LogP contribution in [0, 0.1) is 6.92 Å². The number of ether oxygens (including phenoxy) is 1. The van der Waals surface area contributed by atoms with E-state index in [2.05, 4.69) is 10.3 Å². The fourth-order valence-corrected chi connectivity index (χ4v) is 3.49. The number of alkyl halides is 3. The molecule has 0 atom stereocenters. The number of nitrogens with one attached hydrogen (secondary N) is 1. The molecule has 0 aliphatic carbocycles. The van der Waals surface area contributed by atoms with Gasteiger partial charge in [0.15, 0.2) is 0 Å². The van der Waals surface area contributed by atoms with Crippen molar-refractivity contribution in [2.75, 3.05) is 5.32 Å². The first-order chi connectivity index (χ1) is 16.0. The molecular weight excluding hydrogens is 451 g/mol. The molecule has 7 nitrogen and oxygen atoms in total. The summed E-state index contributed by atoms with van der Waals surface area (Å²) in [7, 11) is 1.67. The first-order valence-corrected chi connectivity index (χ1v) is 9.99. The summed E-state index contributed by atoms with van der Waals surface area (Å²) in [5, 5.41) is 12.6. The number of pyridine rings is 1. The zero-order valence-electron chi connectivity index (χ0n) is 18.0. The normalized spacial score (nSPS) is 11.4. The van der Waals surface area contributed by atoms with Crippen molar-refractivity contribution in [2.45, 2.75) is 13.1 Å². The molecule has 0 bridgehead atoms. The van der Waals surface area contributed by atoms with Gasteiger partial charge in [-0.2, -0.15) is 13.2 Å². The van der Waals surface area contributed by atoms with Crippen LogP contribution in [-0.4, -0.2) is 26.5 Å². The number of nitrogens with zero attached hydrogens (tertiary/aromatic N) is 2. The molecular formula is C24H18F3N3O4. The van der Waals surface area contributed by atoms with Gasteiger partial charge >= 0.3 is 12.1 Å². The van der Waals surface area contributed by atoms with Crippen LogP contribution in [0.3, 0.4) is 0 Å². The number of aromatic nitrogens is 2. The van der Waals surface area contributed by atoms with E-state index in [0.717, 1.165) is 40.7 Å². The van der Waals surface area contributed by atoms with Crippen LogP contribution in [0.4, 0.5) is 18.9 Å². The van der Waals surface area contributed by atoms with Gasteiger partial charge in [-0.25, -0.2) is 9.78 Å². The zero-order valence-corrected chi connectivity index (χ0v) is 18.0. The van der Waals surface area contributed by atoms with Crippen LogP contribution in [-0.2, 0) is 13.2 Å². The third-order valence-corrected chi connectivity index (χ3v) is 5.35. The molecule has 174 valence electrons. The minimum Gasteiger partial charge on any atom is -0.477 e. The lowest BCUT2D eigenvalue weighted by Crippen LogP contribution is -2.13. The van der Waals surface area contributed by atoms with E-state index >= 15 is 0 Å². The van der Waals surface area contributed by atoms with Crippen LogP contribution in [0.25, 0.3) is 10.9 Å². The molecule has 0 radical (unpaired) electrons. The molecule has 10 heteroatoms. The van der Waals surface area contributed by atoms with Gasteiger partial charge < -0.3 is 19.7 Å². The average Bonchev–Trinajstić information content (AvgIpc) is 3.14. The minimum absolute atomic E-state index is 0.0702. The van der Waals surface area contributed by atoms with Crippen LogP contribution in [0.15, 0.2) is 60.8 Å². The van der Waals surface area contributed by atoms with Crippen LogP contribution in [0.5, 0.6) is 11.6 Å². The lowest BCUT2D eigenvalue weighted by atomic mass is 10.1. The molecule has 0 aliphatic rings. The third-order valence-electron chi connectivity index (χ3n) is 5.35. The summed E-state index contributed by atoms with van der Waals surface area (Å²) in [5.41, 5.74) is 1.20. The van der Waals surface area contributed by atoms with Crippen molar-refractivity contribution in [1.82, 2.24) is 9.55 Å². The second-order valence-electron chi connectivity index (χ2n) is 7.53. The van der Waals surface area contributed by atoms with E-state index in [4.69, 9.17) is 4.74 Å². The number of amides is 1. The summed E-state index contributed by atoms with van der Waals surface area (Å²) in [6.07, 6.45) is -3.12. The number of rotatable bonds is 5. The van der Waals surface area contributed by atoms with Gasteiger partial charge in [0.25, 0.3) is 5.91 Å². The zero-order chi connectivity index (χ0) is 24.6. The molecule has 4 aromatic rings. The second kappa shape index (κ2) is 8.54. The van der Waals surface area contributed by atoms with Crippen LogP contribution >= 0.6 is 0 Å². The fourth-order valence-electron chi connectivity index (χ4n) is 3.49. The Morgan fingerprint density at radius 1 is 1.06 bits per heavy atom. The number of halogens is 3. The summed E-state index contributed by atoms with van der Waals surface area (Å²) >= 11 is 0. The topological polar surface area (TPSA) is 93.4 Å². The Labute approximate surface area is 191 Å². The number of aromatic carboxylic acids is 1. The summed E-state index contributed by atoms with van der Waals surface area (Å²) < 4.78 is 45.4. The second-order valence-corrected chi connectivity index (χ2v) is 7.53. The van der Waals surface area contributed by atoms with E-state index in [9.17, 15) is 27.9 Å². The van der Waals surface area contributed by atoms with Gasteiger partial charge in [0.05, 0.1) is 17.4 Å². The van der Waals surface area contributed by atoms with Crippen molar-refractivity contribution in [3.63, 3.8) is 0 Å². The molecule has 2 aromatic heterocycles. The number of carbonyl (C=O) groups excluding carboxylic acids is 1. The number of hydrogen-bond acceptors (Lipinski definition) is 4. The summed E-state index contributed by atoms with van der Waals surface area (Å²) in [4.78, 5) is 27.9. The molecule has 34 heavy (non-hydrogen) atoms. The first kappa shape index (κ1) is 22.8. The molecule has 4 rings (SSSR count). The van der Waals surface area contributed by atoms with E-state index in [1.807, 2.05) is 6.92 Å². The number of carboxylic acid groups (broad SMARTS) is 1. The van der Waals surface area contributed by atoms with Crippen molar-refractivity contribution in [3.8, 4) is 11.6 Å². The fraction of sp³-hybridized carbons (Fsp3) is 0.125. The summed E-state index contributed by atoms with van der Waals surface area (Å²) in [5.74, 6) is -0.881. The largest absolute Gasteiger partial charge is 0.477 e. The van der Waals surface area contributed by atoms with E-state index in [1.54, 1.807) is 35.9 Å². The number of aryl methyl sites for hydroxylation is 2. The minimum atomic E-state index is -4.48. The highest BCUT2D eigenvalue weighted by Gasteiger charge is 2.30. The molecule has 0 saturated carbocycles. The highest BCUT2D eigenvalue weighted by atomic mass is 19.4. The van der Waals surface area contributed by atoms with E-state index < -0.39 is 23.6 Å². The maximum Gasteiger partial charge on any atom is 0.416 e. The van der Waals surface area contributed by atoms with Crippen molar-refractivity contribution < 1.29 is 32.6 Å². The van der Waals surface area contributed by atoms with Gasteiger partial charge in [0.1, 0.15) is 11.4 Å². The number of carbonyl (C=O) groups is 2. The Bertz CT molecular complexity index is 1390. The van der Waals surface area contributed by atoms with E-state index in [0.29, 0.717) is 11.4 Å². The highest BCUT2D eigenvalue weighted by Crippen LogP contribution is 2.32.